The van der Waals surface area contributed by atoms with Crippen LogP contribution in [0.3, 0.4) is 0 Å². The molecular formula is C23H44O4. The zero-order valence-corrected chi connectivity index (χ0v) is 17.8. The molecule has 160 valence electrons. The second-order valence-electron chi connectivity index (χ2n) is 7.51. The van der Waals surface area contributed by atoms with Crippen molar-refractivity contribution in [2.45, 2.75) is 116 Å². The fourth-order valence-corrected chi connectivity index (χ4v) is 3.18. The predicted molar refractivity (Wildman–Crippen MR) is 113 cm³/mol. The molecule has 27 heavy (non-hydrogen) atoms. The summed E-state index contributed by atoms with van der Waals surface area (Å²) in [6.07, 6.45) is 20.8. The van der Waals surface area contributed by atoms with Gasteiger partial charge in [-0.15, -0.1) is 6.58 Å². The van der Waals surface area contributed by atoms with Crippen LogP contribution in [0.25, 0.3) is 0 Å². The highest BCUT2D eigenvalue weighted by molar-refractivity contribution is 5.66. The fourth-order valence-electron chi connectivity index (χ4n) is 3.18. The maximum Gasteiger partial charge on any atom is 0.303 e. The zero-order chi connectivity index (χ0) is 20.0. The molecule has 0 aliphatic heterocycles. The number of hydrogen-bond acceptors (Lipinski definition) is 3. The monoisotopic (exact) mass is 384 g/mol. The summed E-state index contributed by atoms with van der Waals surface area (Å²) >= 11 is 0. The molecule has 0 aromatic rings. The Hall–Kier alpha value is -0.870. The molecule has 0 heterocycles. The first kappa shape index (κ1) is 26.1. The Kier molecular flexibility index (Phi) is 20.7. The second-order valence-corrected chi connectivity index (χ2v) is 7.51. The first-order valence-corrected chi connectivity index (χ1v) is 11.2. The van der Waals surface area contributed by atoms with Crippen molar-refractivity contribution < 1.29 is 19.4 Å². The summed E-state index contributed by atoms with van der Waals surface area (Å²) in [5.41, 5.74) is 0. The minimum absolute atomic E-state index is 0.125. The van der Waals surface area contributed by atoms with E-state index in [4.69, 9.17) is 14.6 Å². The van der Waals surface area contributed by atoms with Gasteiger partial charge in [-0.2, -0.15) is 0 Å². The minimum Gasteiger partial charge on any atom is -0.481 e. The summed E-state index contributed by atoms with van der Waals surface area (Å²) < 4.78 is 10.9. The topological polar surface area (TPSA) is 55.8 Å². The predicted octanol–water partition coefficient (Wildman–Crippen LogP) is 6.88. The van der Waals surface area contributed by atoms with E-state index in [0.29, 0.717) is 13.0 Å². The number of carbonyl (C=O) groups is 1. The molecule has 0 fully saturated rings. The van der Waals surface area contributed by atoms with E-state index in [2.05, 4.69) is 6.58 Å². The van der Waals surface area contributed by atoms with Crippen LogP contribution in [0.2, 0.25) is 0 Å². The molecule has 0 saturated heterocycles. The van der Waals surface area contributed by atoms with Crippen LogP contribution in [-0.4, -0.2) is 30.6 Å². The van der Waals surface area contributed by atoms with E-state index in [1.807, 2.05) is 6.92 Å². The van der Waals surface area contributed by atoms with Gasteiger partial charge in [0, 0.05) is 13.0 Å². The highest BCUT2D eigenvalue weighted by Gasteiger charge is 2.00. The third-order valence-corrected chi connectivity index (χ3v) is 4.84. The van der Waals surface area contributed by atoms with Crippen molar-refractivity contribution in [3.8, 4) is 0 Å². The van der Waals surface area contributed by atoms with Gasteiger partial charge in [0.05, 0.1) is 6.61 Å². The number of hydrogen-bond donors (Lipinski definition) is 1. The molecule has 1 unspecified atom stereocenters. The van der Waals surface area contributed by atoms with E-state index in [1.54, 1.807) is 6.08 Å². The number of aliphatic carboxylic acids is 1. The van der Waals surface area contributed by atoms with Gasteiger partial charge in [0.25, 0.3) is 0 Å². The second kappa shape index (κ2) is 21.4. The molecule has 0 saturated carbocycles. The van der Waals surface area contributed by atoms with E-state index in [9.17, 15) is 4.79 Å². The highest BCUT2D eigenvalue weighted by Crippen LogP contribution is 2.13. The average Bonchev–Trinajstić information content (AvgIpc) is 2.65. The van der Waals surface area contributed by atoms with Gasteiger partial charge < -0.3 is 14.6 Å². The van der Waals surface area contributed by atoms with Crippen molar-refractivity contribution in [1.29, 1.82) is 0 Å². The lowest BCUT2D eigenvalue weighted by Gasteiger charge is -2.12. The molecule has 0 spiro atoms. The standard InChI is InChI=1S/C23H44O4/c1-3-20-26-22(2)27-21-18-16-14-12-10-8-6-4-5-7-9-11-13-15-17-19-23(24)25/h3,22H,1,4-21H2,2H3,(H,24,25). The normalized spacial score (nSPS) is 12.2. The van der Waals surface area contributed by atoms with E-state index >= 15 is 0 Å². The van der Waals surface area contributed by atoms with Crippen LogP contribution in [0.1, 0.15) is 110 Å². The van der Waals surface area contributed by atoms with Crippen molar-refractivity contribution in [2.75, 3.05) is 13.2 Å². The van der Waals surface area contributed by atoms with Gasteiger partial charge in [0.2, 0.25) is 0 Å². The maximum atomic E-state index is 10.4. The van der Waals surface area contributed by atoms with Gasteiger partial charge in [-0.25, -0.2) is 0 Å². The van der Waals surface area contributed by atoms with Gasteiger partial charge in [0.15, 0.2) is 6.29 Å². The molecule has 0 radical (unpaired) electrons. The molecule has 0 aliphatic carbocycles. The van der Waals surface area contributed by atoms with Gasteiger partial charge in [-0.1, -0.05) is 89.5 Å². The summed E-state index contributed by atoms with van der Waals surface area (Å²) in [5, 5.41) is 8.57. The number of carboxylic acids is 1. The fraction of sp³-hybridized carbons (Fsp3) is 0.870. The summed E-state index contributed by atoms with van der Waals surface area (Å²) in [7, 11) is 0. The van der Waals surface area contributed by atoms with Crippen molar-refractivity contribution in [2.24, 2.45) is 0 Å². The molecule has 1 N–H and O–H groups in total. The van der Waals surface area contributed by atoms with Gasteiger partial charge in [0.1, 0.15) is 0 Å². The van der Waals surface area contributed by atoms with Crippen LogP contribution >= 0.6 is 0 Å². The van der Waals surface area contributed by atoms with Gasteiger partial charge >= 0.3 is 5.97 Å². The number of rotatable bonds is 22. The van der Waals surface area contributed by atoms with Crippen LogP contribution in [0, 0.1) is 0 Å². The van der Waals surface area contributed by atoms with Gasteiger partial charge in [-0.3, -0.25) is 4.79 Å². The zero-order valence-electron chi connectivity index (χ0n) is 17.8. The molecule has 0 rings (SSSR count). The molecule has 0 amide bonds. The first-order valence-electron chi connectivity index (χ1n) is 11.2. The number of ether oxygens (including phenoxy) is 2. The van der Waals surface area contributed by atoms with Crippen LogP contribution in [0.15, 0.2) is 12.7 Å². The Morgan fingerprint density at radius 2 is 1.19 bits per heavy atom. The summed E-state index contributed by atoms with van der Waals surface area (Å²) in [6, 6.07) is 0. The Morgan fingerprint density at radius 3 is 1.59 bits per heavy atom. The number of unbranched alkanes of at least 4 members (excludes halogenated alkanes) is 14. The SMILES string of the molecule is C=CCOC(C)OCCCCCCCCCCCCCCCCCC(=O)O. The number of carboxylic acid groups (broad SMARTS) is 1. The molecule has 0 aromatic carbocycles. The van der Waals surface area contributed by atoms with Crippen molar-refractivity contribution in [1.82, 2.24) is 0 Å². The highest BCUT2D eigenvalue weighted by atomic mass is 16.7. The van der Waals surface area contributed by atoms with Crippen LogP contribution < -0.4 is 0 Å². The smallest absolute Gasteiger partial charge is 0.303 e. The molecule has 0 aliphatic rings. The van der Waals surface area contributed by atoms with Crippen LogP contribution in [-0.2, 0) is 14.3 Å². The molecule has 1 atom stereocenters. The maximum absolute atomic E-state index is 10.4. The lowest BCUT2D eigenvalue weighted by atomic mass is 10.0. The van der Waals surface area contributed by atoms with E-state index in [-0.39, 0.29) is 6.29 Å². The Bertz CT molecular complexity index is 330. The third-order valence-electron chi connectivity index (χ3n) is 4.84. The quantitative estimate of drug-likeness (QED) is 0.126. The van der Waals surface area contributed by atoms with Crippen LogP contribution in [0.5, 0.6) is 0 Å². The van der Waals surface area contributed by atoms with Crippen molar-refractivity contribution in [3.63, 3.8) is 0 Å². The average molecular weight is 385 g/mol. The Morgan fingerprint density at radius 1 is 0.778 bits per heavy atom. The molecule has 4 nitrogen and oxygen atoms in total. The summed E-state index contributed by atoms with van der Waals surface area (Å²) in [4.78, 5) is 10.4. The van der Waals surface area contributed by atoms with E-state index < -0.39 is 5.97 Å². The third kappa shape index (κ3) is 23.1. The van der Waals surface area contributed by atoms with E-state index in [1.165, 1.54) is 77.0 Å². The molecular weight excluding hydrogens is 340 g/mol. The van der Waals surface area contributed by atoms with Gasteiger partial charge in [-0.05, 0) is 19.8 Å². The molecule has 0 aromatic heterocycles. The minimum atomic E-state index is -0.663. The summed E-state index contributed by atoms with van der Waals surface area (Å²) in [6.45, 7) is 6.90. The Balaban J connectivity index is 3.07. The lowest BCUT2D eigenvalue weighted by Crippen LogP contribution is -2.13. The largest absolute Gasteiger partial charge is 0.481 e. The van der Waals surface area contributed by atoms with Crippen molar-refractivity contribution >= 4 is 5.97 Å². The molecule has 0 bridgehead atoms. The lowest BCUT2D eigenvalue weighted by molar-refractivity contribution is -0.137. The Labute approximate surface area is 167 Å². The van der Waals surface area contributed by atoms with Crippen molar-refractivity contribution in [3.05, 3.63) is 12.7 Å². The first-order chi connectivity index (χ1) is 13.2. The summed E-state index contributed by atoms with van der Waals surface area (Å²) in [5.74, 6) is -0.663. The molecule has 4 heteroatoms. The van der Waals surface area contributed by atoms with E-state index in [0.717, 1.165) is 25.9 Å². The van der Waals surface area contributed by atoms with Crippen LogP contribution in [0.4, 0.5) is 0 Å².